The zero-order chi connectivity index (χ0) is 13.1. The van der Waals surface area contributed by atoms with Gasteiger partial charge in [-0.05, 0) is 12.3 Å². The van der Waals surface area contributed by atoms with E-state index in [1.807, 2.05) is 37.3 Å². The highest BCUT2D eigenvalue weighted by atomic mass is 16.3. The second-order valence-electron chi connectivity index (χ2n) is 4.95. The minimum absolute atomic E-state index is 0.310. The molecular formula is C15H20N2O. The first kappa shape index (κ1) is 12.7. The van der Waals surface area contributed by atoms with Crippen molar-refractivity contribution in [3.05, 3.63) is 35.9 Å². The third-order valence-corrected chi connectivity index (χ3v) is 2.96. The number of hydrogen-bond donors (Lipinski definition) is 1. The fourth-order valence-corrected chi connectivity index (χ4v) is 2.12. The summed E-state index contributed by atoms with van der Waals surface area (Å²) in [7, 11) is 0. The molecule has 0 saturated carbocycles. The quantitative estimate of drug-likeness (QED) is 0.894. The van der Waals surface area contributed by atoms with Crippen LogP contribution in [-0.4, -0.2) is 14.9 Å². The van der Waals surface area contributed by atoms with Gasteiger partial charge in [0.1, 0.15) is 0 Å². The van der Waals surface area contributed by atoms with Crippen LogP contribution in [0.15, 0.2) is 30.3 Å². The summed E-state index contributed by atoms with van der Waals surface area (Å²) in [6.07, 6.45) is 0.786. The van der Waals surface area contributed by atoms with Crippen LogP contribution in [0.5, 0.6) is 5.88 Å². The topological polar surface area (TPSA) is 38.0 Å². The van der Waals surface area contributed by atoms with Crippen LogP contribution in [0.2, 0.25) is 0 Å². The maximum absolute atomic E-state index is 10.2. The van der Waals surface area contributed by atoms with E-state index in [2.05, 4.69) is 18.9 Å². The molecule has 0 spiro atoms. The van der Waals surface area contributed by atoms with Crippen LogP contribution in [0.4, 0.5) is 0 Å². The second-order valence-corrected chi connectivity index (χ2v) is 4.95. The van der Waals surface area contributed by atoms with Crippen molar-refractivity contribution < 1.29 is 5.11 Å². The molecular weight excluding hydrogens is 224 g/mol. The summed E-state index contributed by atoms with van der Waals surface area (Å²) in [5, 5.41) is 14.8. The van der Waals surface area contributed by atoms with Crippen molar-refractivity contribution in [2.45, 2.75) is 33.7 Å². The van der Waals surface area contributed by atoms with Gasteiger partial charge in [0.15, 0.2) is 0 Å². The van der Waals surface area contributed by atoms with Gasteiger partial charge in [-0.25, -0.2) is 4.68 Å². The van der Waals surface area contributed by atoms with E-state index in [0.717, 1.165) is 29.8 Å². The summed E-state index contributed by atoms with van der Waals surface area (Å²) < 4.78 is 1.71. The number of benzene rings is 1. The molecule has 3 nitrogen and oxygen atoms in total. The molecule has 2 aromatic rings. The van der Waals surface area contributed by atoms with E-state index in [0.29, 0.717) is 11.8 Å². The molecule has 0 atom stereocenters. The highest BCUT2D eigenvalue weighted by Gasteiger charge is 2.17. The normalized spacial score (nSPS) is 11.1. The van der Waals surface area contributed by atoms with Crippen LogP contribution in [-0.2, 0) is 13.0 Å². The highest BCUT2D eigenvalue weighted by molar-refractivity contribution is 5.65. The molecule has 18 heavy (non-hydrogen) atoms. The standard InChI is InChI=1S/C15H20N2O/c1-4-13-14(12-8-6-5-7-9-12)16-17(15(13)18)10-11(2)3/h5-9,11,18H,4,10H2,1-3H3. The molecule has 3 heteroatoms. The molecule has 0 fully saturated rings. The minimum atomic E-state index is 0.310. The first-order valence-electron chi connectivity index (χ1n) is 6.47. The predicted molar refractivity (Wildman–Crippen MR) is 73.5 cm³/mol. The van der Waals surface area contributed by atoms with Crippen molar-refractivity contribution >= 4 is 0 Å². The number of hydrogen-bond acceptors (Lipinski definition) is 2. The molecule has 96 valence electrons. The molecule has 1 N–H and O–H groups in total. The van der Waals surface area contributed by atoms with Gasteiger partial charge in [0.05, 0.1) is 5.69 Å². The van der Waals surface area contributed by atoms with Crippen LogP contribution >= 0.6 is 0 Å². The van der Waals surface area contributed by atoms with Gasteiger partial charge in [0, 0.05) is 17.7 Å². The van der Waals surface area contributed by atoms with Gasteiger partial charge >= 0.3 is 0 Å². The fraction of sp³-hybridized carbons (Fsp3) is 0.400. The summed E-state index contributed by atoms with van der Waals surface area (Å²) in [5.41, 5.74) is 2.89. The van der Waals surface area contributed by atoms with Gasteiger partial charge in [-0.2, -0.15) is 5.10 Å². The first-order valence-corrected chi connectivity index (χ1v) is 6.47. The molecule has 0 aliphatic rings. The Labute approximate surface area is 108 Å². The lowest BCUT2D eigenvalue weighted by molar-refractivity contribution is 0.369. The molecule has 1 aromatic carbocycles. The van der Waals surface area contributed by atoms with E-state index in [1.54, 1.807) is 4.68 Å². The van der Waals surface area contributed by atoms with Gasteiger partial charge in [-0.1, -0.05) is 51.1 Å². The van der Waals surface area contributed by atoms with Crippen LogP contribution < -0.4 is 0 Å². The molecule has 0 radical (unpaired) electrons. The third kappa shape index (κ3) is 2.40. The van der Waals surface area contributed by atoms with Crippen LogP contribution in [0.1, 0.15) is 26.3 Å². The summed E-state index contributed by atoms with van der Waals surface area (Å²) >= 11 is 0. The summed E-state index contributed by atoms with van der Waals surface area (Å²) in [6, 6.07) is 10.0. The molecule has 0 unspecified atom stereocenters. The van der Waals surface area contributed by atoms with Crippen molar-refractivity contribution in [1.29, 1.82) is 0 Å². The maximum atomic E-state index is 10.2. The first-order chi connectivity index (χ1) is 8.63. The Hall–Kier alpha value is -1.77. The molecule has 0 amide bonds. The SMILES string of the molecule is CCc1c(-c2ccccc2)nn(CC(C)C)c1O. The van der Waals surface area contributed by atoms with Gasteiger partial charge in [0.2, 0.25) is 5.88 Å². The Morgan fingerprint density at radius 2 is 1.89 bits per heavy atom. The number of rotatable bonds is 4. The third-order valence-electron chi connectivity index (χ3n) is 2.96. The maximum Gasteiger partial charge on any atom is 0.213 e. The summed E-state index contributed by atoms with van der Waals surface area (Å²) in [4.78, 5) is 0. The minimum Gasteiger partial charge on any atom is -0.493 e. The Balaban J connectivity index is 2.48. The smallest absolute Gasteiger partial charge is 0.213 e. The highest BCUT2D eigenvalue weighted by Crippen LogP contribution is 2.30. The monoisotopic (exact) mass is 244 g/mol. The predicted octanol–water partition coefficient (Wildman–Crippen LogP) is 3.47. The van der Waals surface area contributed by atoms with Crippen molar-refractivity contribution in [3.8, 4) is 17.1 Å². The zero-order valence-corrected chi connectivity index (χ0v) is 11.2. The lowest BCUT2D eigenvalue weighted by atomic mass is 10.1. The molecule has 2 rings (SSSR count). The number of aromatic hydroxyl groups is 1. The largest absolute Gasteiger partial charge is 0.493 e. The lowest BCUT2D eigenvalue weighted by Gasteiger charge is -2.05. The van der Waals surface area contributed by atoms with E-state index in [-0.39, 0.29) is 0 Å². The Bertz CT molecular complexity index is 515. The van der Waals surface area contributed by atoms with Gasteiger partial charge < -0.3 is 5.11 Å². The van der Waals surface area contributed by atoms with Crippen LogP contribution in [0, 0.1) is 5.92 Å². The van der Waals surface area contributed by atoms with Crippen molar-refractivity contribution in [3.63, 3.8) is 0 Å². The second kappa shape index (κ2) is 5.25. The molecule has 0 aliphatic carbocycles. The molecule has 0 bridgehead atoms. The molecule has 0 saturated heterocycles. The zero-order valence-electron chi connectivity index (χ0n) is 11.2. The Kier molecular flexibility index (Phi) is 3.70. The number of aromatic nitrogens is 2. The molecule has 0 aliphatic heterocycles. The van der Waals surface area contributed by atoms with Crippen LogP contribution in [0.25, 0.3) is 11.3 Å². The van der Waals surface area contributed by atoms with E-state index in [1.165, 1.54) is 0 Å². The fourth-order valence-electron chi connectivity index (χ4n) is 2.12. The van der Waals surface area contributed by atoms with E-state index in [4.69, 9.17) is 0 Å². The Morgan fingerprint density at radius 1 is 1.22 bits per heavy atom. The van der Waals surface area contributed by atoms with E-state index in [9.17, 15) is 5.11 Å². The lowest BCUT2D eigenvalue weighted by Crippen LogP contribution is -2.05. The summed E-state index contributed by atoms with van der Waals surface area (Å²) in [6.45, 7) is 7.03. The van der Waals surface area contributed by atoms with Crippen LogP contribution in [0.3, 0.4) is 0 Å². The van der Waals surface area contributed by atoms with Crippen molar-refractivity contribution in [1.82, 2.24) is 9.78 Å². The molecule has 1 aromatic heterocycles. The average Bonchev–Trinajstić information content (AvgIpc) is 2.67. The summed E-state index contributed by atoms with van der Waals surface area (Å²) in [5.74, 6) is 0.772. The van der Waals surface area contributed by atoms with Crippen molar-refractivity contribution in [2.75, 3.05) is 0 Å². The Morgan fingerprint density at radius 3 is 2.44 bits per heavy atom. The van der Waals surface area contributed by atoms with Gasteiger partial charge in [-0.3, -0.25) is 0 Å². The van der Waals surface area contributed by atoms with Crippen molar-refractivity contribution in [2.24, 2.45) is 5.92 Å². The van der Waals surface area contributed by atoms with E-state index < -0.39 is 0 Å². The number of nitrogens with zero attached hydrogens (tertiary/aromatic N) is 2. The average molecular weight is 244 g/mol. The van der Waals surface area contributed by atoms with Gasteiger partial charge in [-0.15, -0.1) is 0 Å². The van der Waals surface area contributed by atoms with Gasteiger partial charge in [0.25, 0.3) is 0 Å². The van der Waals surface area contributed by atoms with E-state index >= 15 is 0 Å². The molecule has 1 heterocycles.